The third-order valence-electron chi connectivity index (χ3n) is 3.33. The van der Waals surface area contributed by atoms with Crippen LogP contribution in [-0.2, 0) is 4.79 Å². The fourth-order valence-electron chi connectivity index (χ4n) is 2.18. The van der Waals surface area contributed by atoms with Gasteiger partial charge in [-0.25, -0.2) is 0 Å². The average molecular weight is 396 g/mol. The zero-order valence-electron chi connectivity index (χ0n) is 12.5. The highest BCUT2D eigenvalue weighted by molar-refractivity contribution is 6.44. The zero-order chi connectivity index (χ0) is 18.0. The number of anilines is 1. The van der Waals surface area contributed by atoms with Crippen LogP contribution in [0, 0.1) is 11.3 Å². The first kappa shape index (κ1) is 17.4. The number of ether oxygens (including phenoxy) is 2. The minimum absolute atomic E-state index is 0.0705. The number of rotatable bonds is 3. The van der Waals surface area contributed by atoms with Crippen molar-refractivity contribution in [1.29, 1.82) is 5.26 Å². The quantitative estimate of drug-likeness (QED) is 0.591. The Balaban J connectivity index is 1.88. The van der Waals surface area contributed by atoms with Crippen LogP contribution in [0.1, 0.15) is 5.56 Å². The van der Waals surface area contributed by atoms with Gasteiger partial charge in [0.2, 0.25) is 6.79 Å². The first-order valence-corrected chi connectivity index (χ1v) is 8.09. The number of hydrogen-bond donors (Lipinski definition) is 1. The normalized spacial score (nSPS) is 12.6. The summed E-state index contributed by atoms with van der Waals surface area (Å²) in [5.74, 6) is 0.266. The predicted molar refractivity (Wildman–Crippen MR) is 96.3 cm³/mol. The first-order chi connectivity index (χ1) is 12.0. The van der Waals surface area contributed by atoms with Gasteiger partial charge in [-0.3, -0.25) is 4.79 Å². The van der Waals surface area contributed by atoms with E-state index in [0.29, 0.717) is 32.8 Å². The standard InChI is InChI=1S/C17H9Cl3N2O3/c18-11-2-1-3-13(15(11)20)22-17(23)10(7-21)4-9-5-12(19)16-14(6-9)24-8-25-16/h1-6H,8H2,(H,22,23)/b10-4+. The Bertz CT molecular complexity index is 935. The van der Waals surface area contributed by atoms with Crippen LogP contribution in [0.15, 0.2) is 35.9 Å². The van der Waals surface area contributed by atoms with Crippen molar-refractivity contribution >= 4 is 52.5 Å². The molecule has 0 aliphatic carbocycles. The van der Waals surface area contributed by atoms with Crippen molar-refractivity contribution in [3.63, 3.8) is 0 Å². The van der Waals surface area contributed by atoms with Crippen molar-refractivity contribution < 1.29 is 14.3 Å². The molecular weight excluding hydrogens is 387 g/mol. The van der Waals surface area contributed by atoms with Crippen molar-refractivity contribution in [2.24, 2.45) is 0 Å². The minimum atomic E-state index is -0.625. The van der Waals surface area contributed by atoms with Gasteiger partial charge in [-0.1, -0.05) is 40.9 Å². The highest BCUT2D eigenvalue weighted by Crippen LogP contribution is 2.40. The van der Waals surface area contributed by atoms with Crippen molar-refractivity contribution in [3.8, 4) is 17.6 Å². The Hall–Kier alpha value is -2.39. The van der Waals surface area contributed by atoms with Gasteiger partial charge < -0.3 is 14.8 Å². The van der Waals surface area contributed by atoms with Gasteiger partial charge in [-0.05, 0) is 35.9 Å². The maximum atomic E-state index is 12.3. The van der Waals surface area contributed by atoms with Gasteiger partial charge in [0.05, 0.1) is 20.8 Å². The predicted octanol–water partition coefficient (Wildman–Crippen LogP) is 4.92. The Kier molecular flexibility index (Phi) is 5.05. The lowest BCUT2D eigenvalue weighted by atomic mass is 10.1. The molecule has 2 aromatic rings. The number of carbonyl (C=O) groups is 1. The number of benzene rings is 2. The Morgan fingerprint density at radius 1 is 1.20 bits per heavy atom. The van der Waals surface area contributed by atoms with Crippen LogP contribution in [-0.4, -0.2) is 12.7 Å². The molecule has 1 heterocycles. The molecule has 0 spiro atoms. The second-order valence-electron chi connectivity index (χ2n) is 4.96. The van der Waals surface area contributed by atoms with Crippen LogP contribution >= 0.6 is 34.8 Å². The summed E-state index contributed by atoms with van der Waals surface area (Å²) in [4.78, 5) is 12.3. The van der Waals surface area contributed by atoms with E-state index in [2.05, 4.69) is 5.32 Å². The summed E-state index contributed by atoms with van der Waals surface area (Å²) in [6.45, 7) is 0.0705. The van der Waals surface area contributed by atoms with Gasteiger partial charge in [0.1, 0.15) is 11.6 Å². The monoisotopic (exact) mass is 394 g/mol. The molecule has 1 N–H and O–H groups in total. The number of nitrogens with zero attached hydrogens (tertiary/aromatic N) is 1. The molecule has 25 heavy (non-hydrogen) atoms. The number of nitriles is 1. The molecule has 1 aliphatic heterocycles. The van der Waals surface area contributed by atoms with Crippen molar-refractivity contribution in [2.45, 2.75) is 0 Å². The molecule has 0 fully saturated rings. The van der Waals surface area contributed by atoms with E-state index in [-0.39, 0.29) is 17.4 Å². The van der Waals surface area contributed by atoms with E-state index in [4.69, 9.17) is 44.3 Å². The number of carbonyl (C=O) groups excluding carboxylic acids is 1. The second kappa shape index (κ2) is 7.24. The average Bonchev–Trinajstić information content (AvgIpc) is 3.06. The maximum Gasteiger partial charge on any atom is 0.266 e. The number of amides is 1. The van der Waals surface area contributed by atoms with Crippen LogP contribution in [0.25, 0.3) is 6.08 Å². The fourth-order valence-corrected chi connectivity index (χ4v) is 2.80. The minimum Gasteiger partial charge on any atom is -0.454 e. The fraction of sp³-hybridized carbons (Fsp3) is 0.0588. The summed E-state index contributed by atoms with van der Waals surface area (Å²) in [5, 5.41) is 12.7. The van der Waals surface area contributed by atoms with Crippen molar-refractivity contribution in [2.75, 3.05) is 12.1 Å². The Morgan fingerprint density at radius 2 is 2.00 bits per heavy atom. The number of nitrogens with one attached hydrogen (secondary N) is 1. The molecular formula is C17H9Cl3N2O3. The summed E-state index contributed by atoms with van der Waals surface area (Å²) < 4.78 is 10.5. The topological polar surface area (TPSA) is 71.3 Å². The third-order valence-corrected chi connectivity index (χ3v) is 4.43. The maximum absolute atomic E-state index is 12.3. The number of halogens is 3. The molecule has 0 unspecified atom stereocenters. The molecule has 0 aromatic heterocycles. The van der Waals surface area contributed by atoms with Gasteiger partial charge in [-0.2, -0.15) is 5.26 Å². The van der Waals surface area contributed by atoms with Gasteiger partial charge in [0, 0.05) is 0 Å². The molecule has 8 heteroatoms. The first-order valence-electron chi connectivity index (χ1n) is 6.96. The van der Waals surface area contributed by atoms with E-state index in [0.717, 1.165) is 0 Å². The Morgan fingerprint density at radius 3 is 2.76 bits per heavy atom. The highest BCUT2D eigenvalue weighted by atomic mass is 35.5. The SMILES string of the molecule is N#C/C(=C\c1cc(Cl)c2c(c1)OCO2)C(=O)Nc1cccc(Cl)c1Cl. The molecule has 3 rings (SSSR count). The van der Waals surface area contributed by atoms with Crippen LogP contribution in [0.2, 0.25) is 15.1 Å². The van der Waals surface area contributed by atoms with Gasteiger partial charge in [0.15, 0.2) is 11.5 Å². The zero-order valence-corrected chi connectivity index (χ0v) is 14.7. The Labute approximate surface area is 158 Å². The second-order valence-corrected chi connectivity index (χ2v) is 6.15. The largest absolute Gasteiger partial charge is 0.454 e. The lowest BCUT2D eigenvalue weighted by Gasteiger charge is -2.07. The van der Waals surface area contributed by atoms with E-state index in [1.54, 1.807) is 30.3 Å². The molecule has 2 aromatic carbocycles. The molecule has 0 saturated carbocycles. The number of fused-ring (bicyclic) bond motifs is 1. The van der Waals surface area contributed by atoms with E-state index in [9.17, 15) is 10.1 Å². The van der Waals surface area contributed by atoms with E-state index in [1.807, 2.05) is 6.07 Å². The van der Waals surface area contributed by atoms with Gasteiger partial charge in [0.25, 0.3) is 5.91 Å². The summed E-state index contributed by atoms with van der Waals surface area (Å²) in [6.07, 6.45) is 1.39. The summed E-state index contributed by atoms with van der Waals surface area (Å²) in [6, 6.07) is 9.87. The lowest BCUT2D eigenvalue weighted by molar-refractivity contribution is -0.112. The van der Waals surface area contributed by atoms with Crippen molar-refractivity contribution in [3.05, 3.63) is 56.5 Å². The smallest absolute Gasteiger partial charge is 0.266 e. The molecule has 1 amide bonds. The molecule has 0 radical (unpaired) electrons. The van der Waals surface area contributed by atoms with E-state index in [1.165, 1.54) is 6.08 Å². The molecule has 0 atom stereocenters. The van der Waals surface area contributed by atoms with Gasteiger partial charge >= 0.3 is 0 Å². The molecule has 0 saturated heterocycles. The van der Waals surface area contributed by atoms with Crippen molar-refractivity contribution in [1.82, 2.24) is 0 Å². The molecule has 0 bridgehead atoms. The molecule has 5 nitrogen and oxygen atoms in total. The van der Waals surface area contributed by atoms with Crippen LogP contribution in [0.3, 0.4) is 0 Å². The highest BCUT2D eigenvalue weighted by Gasteiger charge is 2.19. The van der Waals surface area contributed by atoms with Crippen LogP contribution in [0.5, 0.6) is 11.5 Å². The summed E-state index contributed by atoms with van der Waals surface area (Å²) >= 11 is 18.0. The summed E-state index contributed by atoms with van der Waals surface area (Å²) in [7, 11) is 0. The van der Waals surface area contributed by atoms with Crippen LogP contribution in [0.4, 0.5) is 5.69 Å². The van der Waals surface area contributed by atoms with Crippen LogP contribution < -0.4 is 14.8 Å². The lowest BCUT2D eigenvalue weighted by Crippen LogP contribution is -2.13. The van der Waals surface area contributed by atoms with Gasteiger partial charge in [-0.15, -0.1) is 0 Å². The van der Waals surface area contributed by atoms with E-state index < -0.39 is 5.91 Å². The summed E-state index contributed by atoms with van der Waals surface area (Å²) in [5.41, 5.74) is 0.702. The molecule has 126 valence electrons. The third kappa shape index (κ3) is 3.67. The number of hydrogen-bond acceptors (Lipinski definition) is 4. The van der Waals surface area contributed by atoms with E-state index >= 15 is 0 Å². The molecule has 1 aliphatic rings.